The lowest BCUT2D eigenvalue weighted by Gasteiger charge is -2.36. The fourth-order valence-corrected chi connectivity index (χ4v) is 2.70. The normalized spacial score (nSPS) is 21.5. The molecule has 7 nitrogen and oxygen atoms in total. The van der Waals surface area contributed by atoms with Crippen molar-refractivity contribution in [3.05, 3.63) is 39.4 Å². The maximum absolute atomic E-state index is 12.7. The van der Waals surface area contributed by atoms with Crippen LogP contribution in [0, 0.1) is 23.0 Å². The van der Waals surface area contributed by atoms with Crippen LogP contribution < -0.4 is 0 Å². The minimum atomic E-state index is -0.916. The summed E-state index contributed by atoms with van der Waals surface area (Å²) in [5, 5.41) is 20.0. The van der Waals surface area contributed by atoms with Gasteiger partial charge in [0.1, 0.15) is 0 Å². The summed E-state index contributed by atoms with van der Waals surface area (Å²) < 4.78 is 0. The van der Waals surface area contributed by atoms with Gasteiger partial charge in [-0.2, -0.15) is 0 Å². The average Bonchev–Trinajstić information content (AvgIpc) is 2.47. The number of carboxylic acids is 1. The molecule has 2 atom stereocenters. The van der Waals surface area contributed by atoms with Gasteiger partial charge in [0.25, 0.3) is 11.6 Å². The topological polar surface area (TPSA) is 101 Å². The Bertz CT molecular complexity index is 628. The van der Waals surface area contributed by atoms with Crippen molar-refractivity contribution in [3.63, 3.8) is 0 Å². The molecule has 0 bridgehead atoms. The second kappa shape index (κ2) is 6.13. The minimum Gasteiger partial charge on any atom is -0.481 e. The number of benzene rings is 1. The number of hydrogen-bond acceptors (Lipinski definition) is 4. The molecule has 0 saturated carbocycles. The van der Waals surface area contributed by atoms with Gasteiger partial charge < -0.3 is 10.0 Å². The molecule has 7 heteroatoms. The summed E-state index contributed by atoms with van der Waals surface area (Å²) in [4.78, 5) is 35.7. The minimum absolute atomic E-state index is 0.0817. The lowest BCUT2D eigenvalue weighted by atomic mass is 9.92. The first-order valence-corrected chi connectivity index (χ1v) is 7.10. The maximum atomic E-state index is 12.7. The Hall–Kier alpha value is -2.44. The van der Waals surface area contributed by atoms with E-state index in [2.05, 4.69) is 0 Å². The van der Waals surface area contributed by atoms with E-state index in [1.54, 1.807) is 6.92 Å². The van der Waals surface area contributed by atoms with E-state index in [9.17, 15) is 19.7 Å². The molecule has 22 heavy (non-hydrogen) atoms. The van der Waals surface area contributed by atoms with E-state index >= 15 is 0 Å². The fourth-order valence-electron chi connectivity index (χ4n) is 2.70. The summed E-state index contributed by atoms with van der Waals surface area (Å²) in [5.41, 5.74) is 0.751. The number of carbonyl (C=O) groups is 2. The Labute approximate surface area is 127 Å². The number of likely N-dealkylation sites (tertiary alicyclic amines) is 1. The zero-order valence-electron chi connectivity index (χ0n) is 12.5. The molecule has 1 heterocycles. The van der Waals surface area contributed by atoms with Crippen molar-refractivity contribution < 1.29 is 19.6 Å². The molecule has 1 aliphatic rings. The third-order valence-electron chi connectivity index (χ3n) is 4.15. The summed E-state index contributed by atoms with van der Waals surface area (Å²) in [6.45, 7) is 3.71. The van der Waals surface area contributed by atoms with Crippen LogP contribution in [0.5, 0.6) is 0 Å². The van der Waals surface area contributed by atoms with E-state index in [1.807, 2.05) is 6.92 Å². The van der Waals surface area contributed by atoms with E-state index in [0.717, 1.165) is 0 Å². The Kier molecular flexibility index (Phi) is 4.44. The number of nitro benzene ring substituents is 1. The Morgan fingerprint density at radius 2 is 2.05 bits per heavy atom. The number of hydrogen-bond donors (Lipinski definition) is 1. The number of non-ortho nitro benzene ring substituents is 1. The highest BCUT2D eigenvalue weighted by atomic mass is 16.6. The van der Waals surface area contributed by atoms with Gasteiger partial charge in [-0.1, -0.05) is 6.07 Å². The number of aryl methyl sites for hydroxylation is 1. The SMILES string of the molecule is Cc1ccc([N+](=O)[O-])cc1C(=O)N1CC(C(=O)O)CCC1C. The van der Waals surface area contributed by atoms with Crippen LogP contribution in [0.15, 0.2) is 18.2 Å². The molecule has 0 aliphatic carbocycles. The number of amides is 1. The van der Waals surface area contributed by atoms with Crippen LogP contribution in [-0.4, -0.2) is 39.4 Å². The number of carbonyl (C=O) groups excluding carboxylic acids is 1. The number of rotatable bonds is 3. The molecule has 0 spiro atoms. The van der Waals surface area contributed by atoms with Crippen molar-refractivity contribution in [1.82, 2.24) is 4.90 Å². The summed E-state index contributed by atoms with van der Waals surface area (Å²) in [6.07, 6.45) is 1.14. The lowest BCUT2D eigenvalue weighted by molar-refractivity contribution is -0.384. The van der Waals surface area contributed by atoms with E-state index in [4.69, 9.17) is 5.11 Å². The Morgan fingerprint density at radius 3 is 2.64 bits per heavy atom. The molecule has 0 radical (unpaired) electrons. The highest BCUT2D eigenvalue weighted by molar-refractivity contribution is 5.96. The Balaban J connectivity index is 2.31. The summed E-state index contributed by atoms with van der Waals surface area (Å²) >= 11 is 0. The molecule has 2 unspecified atom stereocenters. The first-order valence-electron chi connectivity index (χ1n) is 7.10. The lowest BCUT2D eigenvalue weighted by Crippen LogP contribution is -2.47. The largest absolute Gasteiger partial charge is 0.481 e. The summed E-state index contributed by atoms with van der Waals surface area (Å²) in [5.74, 6) is -1.85. The van der Waals surface area contributed by atoms with Gasteiger partial charge in [-0.15, -0.1) is 0 Å². The molecular formula is C15H18N2O5. The number of nitrogens with zero attached hydrogens (tertiary/aromatic N) is 2. The van der Waals surface area contributed by atoms with Crippen molar-refractivity contribution in [2.24, 2.45) is 5.92 Å². The van der Waals surface area contributed by atoms with Gasteiger partial charge in [-0.3, -0.25) is 19.7 Å². The van der Waals surface area contributed by atoms with E-state index in [1.165, 1.54) is 23.1 Å². The molecule has 1 N–H and O–H groups in total. The van der Waals surface area contributed by atoms with Crippen molar-refractivity contribution >= 4 is 17.6 Å². The van der Waals surface area contributed by atoms with Crippen LogP contribution in [0.2, 0.25) is 0 Å². The predicted octanol–water partition coefficient (Wildman–Crippen LogP) is 2.23. The first kappa shape index (κ1) is 15.9. The average molecular weight is 306 g/mol. The highest BCUT2D eigenvalue weighted by Gasteiger charge is 2.33. The third kappa shape index (κ3) is 3.08. The highest BCUT2D eigenvalue weighted by Crippen LogP contribution is 2.26. The van der Waals surface area contributed by atoms with E-state index in [-0.39, 0.29) is 29.7 Å². The van der Waals surface area contributed by atoms with Gasteiger partial charge >= 0.3 is 5.97 Å². The van der Waals surface area contributed by atoms with Crippen LogP contribution >= 0.6 is 0 Å². The van der Waals surface area contributed by atoms with Gasteiger partial charge in [-0.05, 0) is 32.3 Å². The van der Waals surface area contributed by atoms with E-state index < -0.39 is 16.8 Å². The number of aliphatic carboxylic acids is 1. The molecule has 118 valence electrons. The van der Waals surface area contributed by atoms with Crippen LogP contribution in [0.25, 0.3) is 0 Å². The van der Waals surface area contributed by atoms with Crippen LogP contribution in [0.3, 0.4) is 0 Å². The van der Waals surface area contributed by atoms with Gasteiger partial charge in [0.15, 0.2) is 0 Å². The second-order valence-electron chi connectivity index (χ2n) is 5.68. The molecule has 1 fully saturated rings. The monoisotopic (exact) mass is 306 g/mol. The Morgan fingerprint density at radius 1 is 1.36 bits per heavy atom. The molecular weight excluding hydrogens is 288 g/mol. The second-order valence-corrected chi connectivity index (χ2v) is 5.68. The van der Waals surface area contributed by atoms with Crippen molar-refractivity contribution in [2.75, 3.05) is 6.54 Å². The van der Waals surface area contributed by atoms with Crippen LogP contribution in [0.4, 0.5) is 5.69 Å². The summed E-state index contributed by atoms with van der Waals surface area (Å²) in [6, 6.07) is 4.07. The number of nitro groups is 1. The maximum Gasteiger partial charge on any atom is 0.308 e. The predicted molar refractivity (Wildman–Crippen MR) is 78.7 cm³/mol. The van der Waals surface area contributed by atoms with Gasteiger partial charge in [-0.25, -0.2) is 0 Å². The summed E-state index contributed by atoms with van der Waals surface area (Å²) in [7, 11) is 0. The first-order chi connectivity index (χ1) is 10.3. The molecule has 1 amide bonds. The fraction of sp³-hybridized carbons (Fsp3) is 0.467. The van der Waals surface area contributed by atoms with Crippen molar-refractivity contribution in [2.45, 2.75) is 32.7 Å². The zero-order chi connectivity index (χ0) is 16.4. The smallest absolute Gasteiger partial charge is 0.308 e. The quantitative estimate of drug-likeness (QED) is 0.681. The van der Waals surface area contributed by atoms with Gasteiger partial charge in [0, 0.05) is 30.3 Å². The zero-order valence-corrected chi connectivity index (χ0v) is 12.5. The van der Waals surface area contributed by atoms with Crippen molar-refractivity contribution in [3.8, 4) is 0 Å². The molecule has 2 rings (SSSR count). The number of carboxylic acid groups (broad SMARTS) is 1. The van der Waals surface area contributed by atoms with E-state index in [0.29, 0.717) is 18.4 Å². The van der Waals surface area contributed by atoms with Gasteiger partial charge in [0.05, 0.1) is 10.8 Å². The molecule has 1 aliphatic heterocycles. The number of piperidine rings is 1. The van der Waals surface area contributed by atoms with Crippen LogP contribution in [-0.2, 0) is 4.79 Å². The standard InChI is InChI=1S/C15H18N2O5/c1-9-3-6-12(17(21)22)7-13(9)14(18)16-8-11(15(19)20)5-4-10(16)2/h3,6-7,10-11H,4-5,8H2,1-2H3,(H,19,20). The third-order valence-corrected chi connectivity index (χ3v) is 4.15. The molecule has 1 aromatic carbocycles. The van der Waals surface area contributed by atoms with Crippen LogP contribution in [0.1, 0.15) is 35.7 Å². The molecule has 1 saturated heterocycles. The molecule has 1 aromatic rings. The van der Waals surface area contributed by atoms with Gasteiger partial charge in [0.2, 0.25) is 0 Å². The van der Waals surface area contributed by atoms with Crippen molar-refractivity contribution in [1.29, 1.82) is 0 Å². The molecule has 0 aromatic heterocycles.